The molecule has 4 rings (SSSR count). The molecule has 204 valence electrons. The zero-order chi connectivity index (χ0) is 27.4. The van der Waals surface area contributed by atoms with Crippen molar-refractivity contribution in [3.05, 3.63) is 44.8 Å². The molecule has 0 aliphatic carbocycles. The van der Waals surface area contributed by atoms with Gasteiger partial charge in [0.05, 0.1) is 4.91 Å². The summed E-state index contributed by atoms with van der Waals surface area (Å²) in [5.41, 5.74) is 14.0. The van der Waals surface area contributed by atoms with E-state index in [1.165, 1.54) is 28.4 Å². The summed E-state index contributed by atoms with van der Waals surface area (Å²) < 4.78 is 5.16. The van der Waals surface area contributed by atoms with Crippen LogP contribution in [0.25, 0.3) is 0 Å². The van der Waals surface area contributed by atoms with E-state index in [9.17, 15) is 24.7 Å². The number of carbonyl (C=O) groups is 3. The van der Waals surface area contributed by atoms with E-state index < -0.39 is 35.4 Å². The lowest BCUT2D eigenvalue weighted by Crippen LogP contribution is -2.70. The van der Waals surface area contributed by atoms with Crippen molar-refractivity contribution in [2.24, 2.45) is 5.73 Å². The van der Waals surface area contributed by atoms with Crippen LogP contribution in [-0.2, 0) is 20.1 Å². The van der Waals surface area contributed by atoms with Crippen LogP contribution in [0.5, 0.6) is 0 Å². The van der Waals surface area contributed by atoms with Crippen LogP contribution >= 0.6 is 58.2 Å². The molecular weight excluding hydrogens is 598 g/mol. The van der Waals surface area contributed by atoms with Gasteiger partial charge in [-0.2, -0.15) is 17.2 Å². The molecule has 0 aromatic carbocycles. The Labute approximate surface area is 238 Å². The highest BCUT2D eigenvalue weighted by molar-refractivity contribution is 8.06. The van der Waals surface area contributed by atoms with Gasteiger partial charge in [-0.05, 0) is 11.6 Å². The second-order valence-electron chi connectivity index (χ2n) is 7.69. The number of nitrogen functional groups attached to an aromatic ring is 1. The van der Waals surface area contributed by atoms with Crippen molar-refractivity contribution in [3.8, 4) is 0 Å². The molecular formula is C20H22ClN7O6S4. The van der Waals surface area contributed by atoms with Crippen LogP contribution in [0.2, 0.25) is 4.34 Å². The summed E-state index contributed by atoms with van der Waals surface area (Å²) in [6, 6.07) is -0.500. The first-order chi connectivity index (χ1) is 18.2. The highest BCUT2D eigenvalue weighted by Gasteiger charge is 2.54. The van der Waals surface area contributed by atoms with E-state index in [0.717, 1.165) is 27.5 Å². The van der Waals surface area contributed by atoms with Gasteiger partial charge in [-0.15, -0.1) is 11.8 Å². The number of rotatable bonds is 11. The Morgan fingerprint density at radius 2 is 2.21 bits per heavy atom. The van der Waals surface area contributed by atoms with Gasteiger partial charge in [0.2, 0.25) is 11.8 Å². The quantitative estimate of drug-likeness (QED) is 0.0921. The molecule has 0 radical (unpaired) electrons. The number of nitrogens with one attached hydrogen (secondary N) is 2. The van der Waals surface area contributed by atoms with E-state index >= 15 is 0 Å². The average molecular weight is 620 g/mol. The van der Waals surface area contributed by atoms with Gasteiger partial charge in [0.25, 0.3) is 5.91 Å². The molecule has 2 aromatic heterocycles. The third kappa shape index (κ3) is 6.15. The van der Waals surface area contributed by atoms with Gasteiger partial charge in [-0.1, -0.05) is 34.7 Å². The summed E-state index contributed by atoms with van der Waals surface area (Å²) in [5, 5.41) is 20.9. The normalized spacial score (nSPS) is 19.6. The molecule has 2 aliphatic rings. The molecule has 2 aromatic rings. The lowest BCUT2D eigenvalue weighted by molar-refractivity contribution is -0.149. The Morgan fingerprint density at radius 1 is 1.42 bits per heavy atom. The number of carbonyl (C=O) groups excluding carboxylic acids is 2. The van der Waals surface area contributed by atoms with Crippen LogP contribution < -0.4 is 22.3 Å². The van der Waals surface area contributed by atoms with Crippen LogP contribution in [0.4, 0.5) is 9.93 Å². The molecule has 2 aliphatic heterocycles. The molecule has 13 nitrogen and oxygen atoms in total. The van der Waals surface area contributed by atoms with Crippen molar-refractivity contribution in [2.75, 3.05) is 23.8 Å². The summed E-state index contributed by atoms with van der Waals surface area (Å²) in [6.07, 6.45) is 1.77. The Bertz CT molecular complexity index is 1260. The Balaban J connectivity index is 1.52. The molecule has 1 unspecified atom stereocenters. The van der Waals surface area contributed by atoms with E-state index in [1.54, 1.807) is 24.2 Å². The fraction of sp³-hybridized carbons (Fsp3) is 0.350. The number of hydrogen-bond acceptors (Lipinski definition) is 14. The summed E-state index contributed by atoms with van der Waals surface area (Å²) in [4.78, 5) is 48.1. The van der Waals surface area contributed by atoms with Gasteiger partial charge in [0, 0.05) is 41.1 Å². The zero-order valence-corrected chi connectivity index (χ0v) is 23.3. The summed E-state index contributed by atoms with van der Waals surface area (Å²) in [6.45, 7) is 0.548. The molecule has 18 heteroatoms. The second kappa shape index (κ2) is 12.7. The molecule has 0 spiro atoms. The van der Waals surface area contributed by atoms with Gasteiger partial charge in [-0.25, -0.2) is 9.78 Å². The SMILES string of the molecule is NCCSCc1ccncc1SC1=C(OC(=O)O)N2C(=O)[C@@H](NC(=O)C(NO)c3nc(N)sc3Cl)[C@@H]2SC1. The summed E-state index contributed by atoms with van der Waals surface area (Å²) >= 11 is 11.2. The predicted molar refractivity (Wildman–Crippen MR) is 146 cm³/mol. The minimum atomic E-state index is -1.57. The number of nitrogens with zero attached hydrogens (tertiary/aromatic N) is 3. The Hall–Kier alpha value is -2.25. The first-order valence-electron chi connectivity index (χ1n) is 10.8. The minimum Gasteiger partial charge on any atom is -0.449 e. The number of anilines is 1. The zero-order valence-electron chi connectivity index (χ0n) is 19.3. The number of hydroxylamine groups is 1. The maximum absolute atomic E-state index is 13.1. The fourth-order valence-corrected chi connectivity index (χ4v) is 7.96. The number of carboxylic acid groups (broad SMARTS) is 1. The first-order valence-corrected chi connectivity index (χ1v) is 15.0. The van der Waals surface area contributed by atoms with Crippen molar-refractivity contribution in [3.63, 3.8) is 0 Å². The van der Waals surface area contributed by atoms with Gasteiger partial charge < -0.3 is 31.8 Å². The van der Waals surface area contributed by atoms with Crippen LogP contribution in [0, 0.1) is 0 Å². The van der Waals surface area contributed by atoms with Crippen molar-refractivity contribution in [2.45, 2.75) is 28.1 Å². The summed E-state index contributed by atoms with van der Waals surface area (Å²) in [5.74, 6) is 0.330. The highest BCUT2D eigenvalue weighted by Crippen LogP contribution is 2.46. The van der Waals surface area contributed by atoms with Crippen molar-refractivity contribution < 1.29 is 29.4 Å². The average Bonchev–Trinajstić information content (AvgIpc) is 3.21. The van der Waals surface area contributed by atoms with Crippen LogP contribution in [0.15, 0.2) is 34.1 Å². The number of aromatic nitrogens is 2. The van der Waals surface area contributed by atoms with Gasteiger partial charge in [-0.3, -0.25) is 19.5 Å². The maximum atomic E-state index is 13.1. The molecule has 2 amide bonds. The van der Waals surface area contributed by atoms with Gasteiger partial charge >= 0.3 is 6.16 Å². The van der Waals surface area contributed by atoms with E-state index in [1.807, 2.05) is 11.5 Å². The molecule has 0 saturated carbocycles. The smallest absolute Gasteiger partial charge is 0.449 e. The molecule has 38 heavy (non-hydrogen) atoms. The van der Waals surface area contributed by atoms with E-state index in [4.69, 9.17) is 27.8 Å². The molecule has 8 N–H and O–H groups in total. The van der Waals surface area contributed by atoms with Gasteiger partial charge in [0.15, 0.2) is 11.2 Å². The lowest BCUT2D eigenvalue weighted by Gasteiger charge is -2.49. The van der Waals surface area contributed by atoms with Crippen LogP contribution in [-0.4, -0.2) is 72.6 Å². The van der Waals surface area contributed by atoms with Crippen molar-refractivity contribution in [1.82, 2.24) is 25.7 Å². The first kappa shape index (κ1) is 28.8. The number of amides is 2. The van der Waals surface area contributed by atoms with Crippen molar-refractivity contribution >= 4 is 81.3 Å². The Morgan fingerprint density at radius 3 is 2.87 bits per heavy atom. The number of pyridine rings is 1. The predicted octanol–water partition coefficient (Wildman–Crippen LogP) is 2.04. The Kier molecular flexibility index (Phi) is 9.64. The molecule has 4 heterocycles. The van der Waals surface area contributed by atoms with Gasteiger partial charge in [0.1, 0.15) is 21.4 Å². The van der Waals surface area contributed by atoms with Crippen LogP contribution in [0.3, 0.4) is 0 Å². The molecule has 1 fully saturated rings. The fourth-order valence-electron chi connectivity index (χ4n) is 3.61. The largest absolute Gasteiger partial charge is 0.512 e. The number of thioether (sulfide) groups is 3. The number of thiazole rings is 1. The van der Waals surface area contributed by atoms with Crippen LogP contribution in [0.1, 0.15) is 17.3 Å². The van der Waals surface area contributed by atoms with Crippen molar-refractivity contribution in [1.29, 1.82) is 0 Å². The molecule has 0 bridgehead atoms. The lowest BCUT2D eigenvalue weighted by atomic mass is 10.1. The van der Waals surface area contributed by atoms with E-state index in [0.29, 0.717) is 23.0 Å². The van der Waals surface area contributed by atoms with E-state index in [-0.39, 0.29) is 21.0 Å². The topological polar surface area (TPSA) is 206 Å². The third-order valence-electron chi connectivity index (χ3n) is 5.28. The second-order valence-corrected chi connectivity index (χ2v) is 12.7. The standard InChI is InChI=1S/C20H22ClN7O6S4/c21-14-11(26-19(23)38-14)12(27-33)15(29)25-13-16(30)28-17(34-20(31)32)10(7-36-18(13)28)37-9-5-24-3-1-8(9)6-35-4-2-22/h1,3,5,12-13,18,27,33H,2,4,6-7,22H2,(H2,23,26)(H,25,29)(H,31,32)/t12?,13-,18+/m1/s1. The third-order valence-corrected chi connectivity index (χ3v) is 10.1. The number of β-lactam (4-membered cyclic amide) rings is 1. The number of ether oxygens (including phenoxy) is 1. The number of fused-ring (bicyclic) bond motifs is 1. The number of halogens is 1. The highest BCUT2D eigenvalue weighted by atomic mass is 35.5. The monoisotopic (exact) mass is 619 g/mol. The minimum absolute atomic E-state index is 0.0134. The summed E-state index contributed by atoms with van der Waals surface area (Å²) in [7, 11) is 0. The molecule has 1 saturated heterocycles. The van der Waals surface area contributed by atoms with E-state index in [2.05, 4.69) is 15.3 Å². The molecule has 3 atom stereocenters. The number of hydrogen-bond donors (Lipinski definition) is 6. The maximum Gasteiger partial charge on any atom is 0.512 e. The number of nitrogens with two attached hydrogens (primary N) is 2.